The number of hydrogen-bond acceptors (Lipinski definition) is 4. The number of ether oxygens (including phenoxy) is 1. The van der Waals surface area contributed by atoms with Crippen LogP contribution >= 0.6 is 22.9 Å². The van der Waals surface area contributed by atoms with Gasteiger partial charge in [-0.2, -0.15) is 0 Å². The van der Waals surface area contributed by atoms with Gasteiger partial charge in [0.25, 0.3) is 5.91 Å². The van der Waals surface area contributed by atoms with Gasteiger partial charge in [-0.25, -0.2) is 0 Å². The highest BCUT2D eigenvalue weighted by molar-refractivity contribution is 7.16. The van der Waals surface area contributed by atoms with E-state index < -0.39 is 0 Å². The lowest BCUT2D eigenvalue weighted by molar-refractivity contribution is -0.921. The summed E-state index contributed by atoms with van der Waals surface area (Å²) in [5, 5.41) is 3.04. The SMILES string of the molecule is C=CC[NH+](Cc1ccc(Cl)s1)[C@H](C)C(=O)Nc1ccc(N2CCOCC2)cc1. The number of quaternary nitrogens is 1. The maximum absolute atomic E-state index is 12.8. The van der Waals surface area contributed by atoms with Gasteiger partial charge in [0.2, 0.25) is 0 Å². The average molecular weight is 421 g/mol. The summed E-state index contributed by atoms with van der Waals surface area (Å²) in [4.78, 5) is 17.4. The van der Waals surface area contributed by atoms with Crippen LogP contribution in [0.2, 0.25) is 4.34 Å². The van der Waals surface area contributed by atoms with E-state index in [-0.39, 0.29) is 11.9 Å². The summed E-state index contributed by atoms with van der Waals surface area (Å²) in [5.41, 5.74) is 1.97. The molecule has 7 heteroatoms. The van der Waals surface area contributed by atoms with E-state index in [0.717, 1.165) is 58.3 Å². The number of halogens is 1. The Morgan fingerprint density at radius 1 is 1.32 bits per heavy atom. The number of anilines is 2. The van der Waals surface area contributed by atoms with E-state index in [1.165, 1.54) is 0 Å². The molecule has 5 nitrogen and oxygen atoms in total. The first-order chi connectivity index (χ1) is 13.6. The molecule has 1 aromatic heterocycles. The molecule has 2 N–H and O–H groups in total. The number of nitrogens with zero attached hydrogens (tertiary/aromatic N) is 1. The number of rotatable bonds is 8. The zero-order valence-electron chi connectivity index (χ0n) is 16.1. The van der Waals surface area contributed by atoms with Crippen molar-refractivity contribution in [3.8, 4) is 0 Å². The molecule has 1 unspecified atom stereocenters. The molecule has 28 heavy (non-hydrogen) atoms. The highest BCUT2D eigenvalue weighted by atomic mass is 35.5. The Balaban J connectivity index is 1.60. The average Bonchev–Trinajstić information content (AvgIpc) is 3.13. The van der Waals surface area contributed by atoms with Crippen molar-refractivity contribution in [1.82, 2.24) is 0 Å². The van der Waals surface area contributed by atoms with Crippen LogP contribution in [0, 0.1) is 0 Å². The topological polar surface area (TPSA) is 46.0 Å². The fraction of sp³-hybridized carbons (Fsp3) is 0.381. The molecule has 2 atom stereocenters. The van der Waals surface area contributed by atoms with Crippen LogP contribution in [0.5, 0.6) is 0 Å². The molecule has 0 radical (unpaired) electrons. The van der Waals surface area contributed by atoms with Crippen molar-refractivity contribution in [1.29, 1.82) is 0 Å². The molecule has 0 spiro atoms. The molecule has 2 heterocycles. The van der Waals surface area contributed by atoms with Gasteiger partial charge >= 0.3 is 0 Å². The molecule has 0 bridgehead atoms. The summed E-state index contributed by atoms with van der Waals surface area (Å²) in [5.74, 6) is -0.00127. The van der Waals surface area contributed by atoms with Crippen molar-refractivity contribution in [2.45, 2.75) is 19.5 Å². The summed E-state index contributed by atoms with van der Waals surface area (Å²) in [6.07, 6.45) is 1.85. The second-order valence-corrected chi connectivity index (χ2v) is 8.69. The van der Waals surface area contributed by atoms with E-state index in [4.69, 9.17) is 16.3 Å². The maximum atomic E-state index is 12.8. The molecular weight excluding hydrogens is 394 g/mol. The highest BCUT2D eigenvalue weighted by Crippen LogP contribution is 2.21. The Hall–Kier alpha value is -1.86. The third kappa shape index (κ3) is 5.58. The van der Waals surface area contributed by atoms with E-state index in [1.54, 1.807) is 11.3 Å². The van der Waals surface area contributed by atoms with Crippen LogP contribution in [0.1, 0.15) is 11.8 Å². The molecule has 1 aromatic carbocycles. The zero-order chi connectivity index (χ0) is 19.9. The van der Waals surface area contributed by atoms with Crippen molar-refractivity contribution in [3.63, 3.8) is 0 Å². The summed E-state index contributed by atoms with van der Waals surface area (Å²) in [7, 11) is 0. The molecule has 1 aliphatic rings. The van der Waals surface area contributed by atoms with Crippen LogP contribution in [0.3, 0.4) is 0 Å². The second kappa shape index (κ2) is 10.1. The fourth-order valence-electron chi connectivity index (χ4n) is 3.27. The minimum Gasteiger partial charge on any atom is -0.378 e. The Labute approximate surface area is 175 Å². The Bertz CT molecular complexity index is 787. The van der Waals surface area contributed by atoms with Crippen molar-refractivity contribution in [2.24, 2.45) is 0 Å². The van der Waals surface area contributed by atoms with Crippen LogP contribution in [0.25, 0.3) is 0 Å². The van der Waals surface area contributed by atoms with Crippen molar-refractivity contribution in [2.75, 3.05) is 43.1 Å². The number of carbonyl (C=O) groups is 1. The van der Waals surface area contributed by atoms with Crippen molar-refractivity contribution >= 4 is 40.2 Å². The molecule has 1 amide bonds. The third-order valence-corrected chi connectivity index (χ3v) is 6.18. The summed E-state index contributed by atoms with van der Waals surface area (Å²) in [6.45, 7) is 10.6. The van der Waals surface area contributed by atoms with Crippen molar-refractivity contribution < 1.29 is 14.4 Å². The summed E-state index contributed by atoms with van der Waals surface area (Å²) in [6, 6.07) is 11.7. The van der Waals surface area contributed by atoms with E-state index in [0.29, 0.717) is 6.54 Å². The van der Waals surface area contributed by atoms with Crippen LogP contribution in [-0.4, -0.2) is 44.8 Å². The normalized spacial score (nSPS) is 16.4. The number of carbonyl (C=O) groups excluding carboxylic acids is 1. The smallest absolute Gasteiger partial charge is 0.282 e. The number of nitrogens with one attached hydrogen (secondary N) is 2. The first-order valence-corrected chi connectivity index (χ1v) is 10.7. The quantitative estimate of drug-likeness (QED) is 0.645. The molecule has 0 saturated carbocycles. The van der Waals surface area contributed by atoms with Gasteiger partial charge in [-0.3, -0.25) is 4.79 Å². The highest BCUT2D eigenvalue weighted by Gasteiger charge is 2.25. The van der Waals surface area contributed by atoms with Crippen LogP contribution in [0.4, 0.5) is 11.4 Å². The molecular formula is C21H27ClN3O2S+. The number of hydrogen-bond donors (Lipinski definition) is 2. The standard InChI is InChI=1S/C21H26ClN3O2S/c1-3-10-25(15-19-8-9-20(22)28-19)16(2)21(26)23-17-4-6-18(7-5-17)24-11-13-27-14-12-24/h3-9,16H,1,10-15H2,2H3,(H,23,26)/p+1/t16-/m1/s1. The summed E-state index contributed by atoms with van der Waals surface area (Å²) < 4.78 is 6.16. The number of benzene rings is 1. The minimum atomic E-state index is -0.210. The second-order valence-electron chi connectivity index (χ2n) is 6.89. The lowest BCUT2D eigenvalue weighted by Gasteiger charge is -2.29. The predicted molar refractivity (Wildman–Crippen MR) is 117 cm³/mol. The minimum absolute atomic E-state index is 0.00127. The van der Waals surface area contributed by atoms with Crippen LogP contribution in [0.15, 0.2) is 49.1 Å². The molecule has 1 fully saturated rings. The first kappa shape index (κ1) is 20.9. The fourth-order valence-corrected chi connectivity index (χ4v) is 4.41. The molecule has 150 valence electrons. The van der Waals surface area contributed by atoms with E-state index in [9.17, 15) is 4.79 Å². The van der Waals surface area contributed by atoms with Crippen molar-refractivity contribution in [3.05, 3.63) is 58.3 Å². The van der Waals surface area contributed by atoms with E-state index >= 15 is 0 Å². The third-order valence-electron chi connectivity index (χ3n) is 4.95. The van der Waals surface area contributed by atoms with Gasteiger partial charge in [0.1, 0.15) is 6.54 Å². The van der Waals surface area contributed by atoms with Gasteiger partial charge in [-0.1, -0.05) is 18.2 Å². The molecule has 2 aromatic rings. The molecule has 1 saturated heterocycles. The molecule has 0 aliphatic carbocycles. The first-order valence-electron chi connectivity index (χ1n) is 9.50. The van der Waals surface area contributed by atoms with Gasteiger partial charge < -0.3 is 19.9 Å². The van der Waals surface area contributed by atoms with Gasteiger partial charge in [0.05, 0.1) is 29.0 Å². The Morgan fingerprint density at radius 3 is 2.64 bits per heavy atom. The van der Waals surface area contributed by atoms with Crippen LogP contribution in [-0.2, 0) is 16.1 Å². The van der Waals surface area contributed by atoms with Crippen LogP contribution < -0.4 is 15.1 Å². The number of thiophene rings is 1. The van der Waals surface area contributed by atoms with E-state index in [1.807, 2.05) is 49.4 Å². The Kier molecular flexibility index (Phi) is 7.50. The van der Waals surface area contributed by atoms with Gasteiger partial charge in [0, 0.05) is 24.5 Å². The number of amides is 1. The van der Waals surface area contributed by atoms with E-state index in [2.05, 4.69) is 16.8 Å². The molecule has 3 rings (SSSR count). The summed E-state index contributed by atoms with van der Waals surface area (Å²) >= 11 is 7.59. The van der Waals surface area contributed by atoms with Gasteiger partial charge in [-0.05, 0) is 49.4 Å². The Morgan fingerprint density at radius 2 is 2.04 bits per heavy atom. The predicted octanol–water partition coefficient (Wildman–Crippen LogP) is 2.84. The van der Waals surface area contributed by atoms with Gasteiger partial charge in [-0.15, -0.1) is 11.3 Å². The lowest BCUT2D eigenvalue weighted by atomic mass is 10.2. The largest absolute Gasteiger partial charge is 0.378 e. The number of morpholine rings is 1. The lowest BCUT2D eigenvalue weighted by Crippen LogP contribution is -3.15. The zero-order valence-corrected chi connectivity index (χ0v) is 17.7. The maximum Gasteiger partial charge on any atom is 0.282 e. The monoisotopic (exact) mass is 420 g/mol. The molecule has 1 aliphatic heterocycles. The van der Waals surface area contributed by atoms with Gasteiger partial charge in [0.15, 0.2) is 6.04 Å².